The van der Waals surface area contributed by atoms with Crippen molar-refractivity contribution in [3.05, 3.63) is 12.2 Å². The summed E-state index contributed by atoms with van der Waals surface area (Å²) in [6.07, 6.45) is 2.62. The van der Waals surface area contributed by atoms with Crippen LogP contribution in [0.2, 0.25) is 0 Å². The zero-order chi connectivity index (χ0) is 7.90. The molecule has 0 atom stereocenters. The molecule has 0 N–H and O–H groups in total. The monoisotopic (exact) mass is 155 g/mol. The number of aryl methyl sites for hydroxylation is 1. The summed E-state index contributed by atoms with van der Waals surface area (Å²) < 4.78 is 15.0. The minimum atomic E-state index is -1.15. The second-order valence-corrected chi connectivity index (χ2v) is 2.86. The number of hydrogen-bond donors (Lipinski definition) is 0. The van der Waals surface area contributed by atoms with Crippen molar-refractivity contribution in [1.29, 1.82) is 0 Å². The molecule has 1 aliphatic rings. The van der Waals surface area contributed by atoms with Gasteiger partial charge >= 0.3 is 0 Å². The van der Waals surface area contributed by atoms with Gasteiger partial charge in [0.1, 0.15) is 6.33 Å². The predicted molar refractivity (Wildman–Crippen MR) is 37.7 cm³/mol. The Hall–Kier alpha value is -0.930. The lowest BCUT2D eigenvalue weighted by Crippen LogP contribution is -2.10. The van der Waals surface area contributed by atoms with Crippen LogP contribution in [0.15, 0.2) is 6.33 Å². The van der Waals surface area contributed by atoms with Gasteiger partial charge in [-0.2, -0.15) is 5.10 Å². The third-order valence-electron chi connectivity index (χ3n) is 2.00. The van der Waals surface area contributed by atoms with Gasteiger partial charge in [0.15, 0.2) is 11.5 Å². The SMILES string of the molecule is CCn1ncnc1C1(F)CC1. The molecule has 0 bridgehead atoms. The van der Waals surface area contributed by atoms with Crippen LogP contribution in [0.3, 0.4) is 0 Å². The highest BCUT2D eigenvalue weighted by Crippen LogP contribution is 2.48. The summed E-state index contributed by atoms with van der Waals surface area (Å²) in [6, 6.07) is 0. The maximum absolute atomic E-state index is 13.4. The van der Waals surface area contributed by atoms with Crippen LogP contribution in [0.25, 0.3) is 0 Å². The van der Waals surface area contributed by atoms with E-state index in [-0.39, 0.29) is 0 Å². The molecule has 1 saturated carbocycles. The summed E-state index contributed by atoms with van der Waals surface area (Å²) in [5.74, 6) is 0.500. The van der Waals surface area contributed by atoms with Crippen LogP contribution in [0.5, 0.6) is 0 Å². The average molecular weight is 155 g/mol. The van der Waals surface area contributed by atoms with Crippen molar-refractivity contribution >= 4 is 0 Å². The van der Waals surface area contributed by atoms with E-state index in [1.165, 1.54) is 6.33 Å². The first kappa shape index (κ1) is 6.76. The van der Waals surface area contributed by atoms with E-state index in [9.17, 15) is 4.39 Å². The first-order chi connectivity index (χ1) is 5.26. The van der Waals surface area contributed by atoms with Crippen LogP contribution >= 0.6 is 0 Å². The molecule has 11 heavy (non-hydrogen) atoms. The Kier molecular flexibility index (Phi) is 1.25. The van der Waals surface area contributed by atoms with Crippen LogP contribution < -0.4 is 0 Å². The third kappa shape index (κ3) is 0.931. The van der Waals surface area contributed by atoms with Crippen molar-refractivity contribution < 1.29 is 4.39 Å². The molecule has 1 aromatic rings. The van der Waals surface area contributed by atoms with E-state index >= 15 is 0 Å². The summed E-state index contributed by atoms with van der Waals surface area (Å²) in [7, 11) is 0. The second-order valence-electron chi connectivity index (χ2n) is 2.86. The minimum absolute atomic E-state index is 0.500. The highest BCUT2D eigenvalue weighted by Gasteiger charge is 2.48. The topological polar surface area (TPSA) is 30.7 Å². The lowest BCUT2D eigenvalue weighted by molar-refractivity contribution is 0.286. The molecule has 4 heteroatoms. The van der Waals surface area contributed by atoms with Gasteiger partial charge in [0.05, 0.1) is 0 Å². The Balaban J connectivity index is 2.36. The minimum Gasteiger partial charge on any atom is -0.247 e. The molecule has 1 fully saturated rings. The van der Waals surface area contributed by atoms with Crippen LogP contribution in [0, 0.1) is 0 Å². The Labute approximate surface area is 64.2 Å². The Morgan fingerprint density at radius 1 is 1.73 bits per heavy atom. The number of halogens is 1. The largest absolute Gasteiger partial charge is 0.247 e. The Morgan fingerprint density at radius 3 is 3.00 bits per heavy atom. The molecule has 60 valence electrons. The van der Waals surface area contributed by atoms with Crippen molar-refractivity contribution in [1.82, 2.24) is 14.8 Å². The van der Waals surface area contributed by atoms with E-state index in [0.29, 0.717) is 25.2 Å². The number of nitrogens with zero attached hydrogens (tertiary/aromatic N) is 3. The fraction of sp³-hybridized carbons (Fsp3) is 0.714. The first-order valence-corrected chi connectivity index (χ1v) is 3.83. The smallest absolute Gasteiger partial charge is 0.170 e. The summed E-state index contributed by atoms with van der Waals surface area (Å²) in [5.41, 5.74) is -1.15. The lowest BCUT2D eigenvalue weighted by atomic mass is 10.3. The van der Waals surface area contributed by atoms with Crippen molar-refractivity contribution in [3.63, 3.8) is 0 Å². The van der Waals surface area contributed by atoms with Gasteiger partial charge in [-0.3, -0.25) is 0 Å². The van der Waals surface area contributed by atoms with Crippen molar-refractivity contribution in [2.45, 2.75) is 32.0 Å². The Morgan fingerprint density at radius 2 is 2.45 bits per heavy atom. The molecule has 3 nitrogen and oxygen atoms in total. The fourth-order valence-electron chi connectivity index (χ4n) is 1.18. The maximum Gasteiger partial charge on any atom is 0.170 e. The fourth-order valence-corrected chi connectivity index (χ4v) is 1.18. The summed E-state index contributed by atoms with van der Waals surface area (Å²) in [5, 5.41) is 3.91. The van der Waals surface area contributed by atoms with Gasteiger partial charge in [0, 0.05) is 6.54 Å². The van der Waals surface area contributed by atoms with Crippen LogP contribution in [0.4, 0.5) is 4.39 Å². The van der Waals surface area contributed by atoms with Crippen LogP contribution in [-0.4, -0.2) is 14.8 Å². The molecule has 1 aliphatic carbocycles. The van der Waals surface area contributed by atoms with Crippen molar-refractivity contribution in [2.24, 2.45) is 0 Å². The number of hydrogen-bond acceptors (Lipinski definition) is 2. The van der Waals surface area contributed by atoms with Crippen LogP contribution in [0.1, 0.15) is 25.6 Å². The first-order valence-electron chi connectivity index (χ1n) is 3.83. The van der Waals surface area contributed by atoms with E-state index in [0.717, 1.165) is 0 Å². The molecular weight excluding hydrogens is 145 g/mol. The van der Waals surface area contributed by atoms with Gasteiger partial charge < -0.3 is 0 Å². The molecule has 0 aliphatic heterocycles. The van der Waals surface area contributed by atoms with E-state index in [1.54, 1.807) is 4.68 Å². The van der Waals surface area contributed by atoms with Crippen molar-refractivity contribution in [3.8, 4) is 0 Å². The van der Waals surface area contributed by atoms with Gasteiger partial charge in [-0.1, -0.05) is 0 Å². The van der Waals surface area contributed by atoms with Gasteiger partial charge in [-0.05, 0) is 19.8 Å². The molecule has 1 aromatic heterocycles. The third-order valence-corrected chi connectivity index (χ3v) is 2.00. The highest BCUT2D eigenvalue weighted by atomic mass is 19.1. The molecule has 0 saturated heterocycles. The normalized spacial score (nSPS) is 20.2. The standard InChI is InChI=1S/C7H10FN3/c1-2-11-6(9-5-10-11)7(8)3-4-7/h5H,2-4H2,1H3. The average Bonchev–Trinajstić information content (AvgIpc) is 2.61. The summed E-state index contributed by atoms with van der Waals surface area (Å²) >= 11 is 0. The molecule has 0 aromatic carbocycles. The van der Waals surface area contributed by atoms with Gasteiger partial charge in [-0.25, -0.2) is 14.1 Å². The maximum atomic E-state index is 13.4. The molecule has 2 rings (SSSR count). The zero-order valence-electron chi connectivity index (χ0n) is 6.42. The summed E-state index contributed by atoms with van der Waals surface area (Å²) in [6.45, 7) is 2.63. The Bertz CT molecular complexity index is 264. The van der Waals surface area contributed by atoms with Gasteiger partial charge in [0.2, 0.25) is 0 Å². The number of aromatic nitrogens is 3. The molecule has 0 spiro atoms. The van der Waals surface area contributed by atoms with Crippen molar-refractivity contribution in [2.75, 3.05) is 0 Å². The van der Waals surface area contributed by atoms with E-state index in [2.05, 4.69) is 10.1 Å². The highest BCUT2D eigenvalue weighted by molar-refractivity contribution is 5.10. The molecule has 0 unspecified atom stereocenters. The zero-order valence-corrected chi connectivity index (χ0v) is 6.42. The molecule has 1 heterocycles. The summed E-state index contributed by atoms with van der Waals surface area (Å²) in [4.78, 5) is 3.90. The number of rotatable bonds is 2. The van der Waals surface area contributed by atoms with Gasteiger partial charge in [0.25, 0.3) is 0 Å². The van der Waals surface area contributed by atoms with E-state index < -0.39 is 5.67 Å². The van der Waals surface area contributed by atoms with Gasteiger partial charge in [-0.15, -0.1) is 0 Å². The van der Waals surface area contributed by atoms with Crippen LogP contribution in [-0.2, 0) is 12.2 Å². The van der Waals surface area contributed by atoms with E-state index in [1.807, 2.05) is 6.92 Å². The number of alkyl halides is 1. The molecular formula is C7H10FN3. The molecule has 0 radical (unpaired) electrons. The lowest BCUT2D eigenvalue weighted by Gasteiger charge is -2.04. The second kappa shape index (κ2) is 2.03. The molecule has 0 amide bonds. The van der Waals surface area contributed by atoms with E-state index in [4.69, 9.17) is 0 Å². The predicted octanol–water partition coefficient (Wildman–Crippen LogP) is 1.26. The quantitative estimate of drug-likeness (QED) is 0.643.